The van der Waals surface area contributed by atoms with Gasteiger partial charge in [-0.05, 0) is 29.3 Å². The number of aromatic nitrogens is 2. The van der Waals surface area contributed by atoms with Crippen molar-refractivity contribution in [1.82, 2.24) is 10.2 Å². The molecule has 1 aromatic heterocycles. The fourth-order valence-electron chi connectivity index (χ4n) is 3.22. The van der Waals surface area contributed by atoms with Gasteiger partial charge >= 0.3 is 5.97 Å². The molecule has 2 atom stereocenters. The first-order chi connectivity index (χ1) is 13.3. The molecule has 0 bridgehead atoms. The van der Waals surface area contributed by atoms with Gasteiger partial charge in [0.1, 0.15) is 11.4 Å². The number of rotatable bonds is 7. The Kier molecular flexibility index (Phi) is 5.79. The maximum atomic E-state index is 15.0. The molecule has 3 rings (SSSR count). The van der Waals surface area contributed by atoms with Crippen molar-refractivity contribution in [2.45, 2.75) is 24.5 Å². The molecule has 0 aliphatic carbocycles. The van der Waals surface area contributed by atoms with E-state index in [-0.39, 0.29) is 18.4 Å². The fraction of sp³-hybridized carbons (Fsp3) is 0.200. The number of carboxylic acid groups (broad SMARTS) is 1. The topological polar surface area (TPSA) is 112 Å². The molecule has 0 spiro atoms. The van der Waals surface area contributed by atoms with Crippen LogP contribution in [0.25, 0.3) is 11.1 Å². The zero-order chi connectivity index (χ0) is 20.3. The Morgan fingerprint density at radius 1 is 1.25 bits per heavy atom. The lowest BCUT2D eigenvalue weighted by Crippen LogP contribution is -2.37. The Hall–Kier alpha value is -2.74. The highest BCUT2D eigenvalue weighted by molar-refractivity contribution is 6.30. The fourth-order valence-corrected chi connectivity index (χ4v) is 3.35. The van der Waals surface area contributed by atoms with Gasteiger partial charge in [0.15, 0.2) is 0 Å². The molecule has 146 valence electrons. The minimum absolute atomic E-state index is 0.00269. The highest BCUT2D eigenvalue weighted by atomic mass is 35.5. The predicted molar refractivity (Wildman–Crippen MR) is 103 cm³/mol. The maximum Gasteiger partial charge on any atom is 0.304 e. The smallest absolute Gasteiger partial charge is 0.304 e. The van der Waals surface area contributed by atoms with Gasteiger partial charge in [0.05, 0.1) is 12.6 Å². The molecule has 0 amide bonds. The van der Waals surface area contributed by atoms with Gasteiger partial charge in [-0.25, -0.2) is 4.39 Å². The lowest BCUT2D eigenvalue weighted by atomic mass is 9.80. The van der Waals surface area contributed by atoms with E-state index in [0.717, 1.165) is 0 Å². The van der Waals surface area contributed by atoms with E-state index >= 15 is 4.39 Å². The average Bonchev–Trinajstić information content (AvgIpc) is 3.15. The number of aliphatic hydroxyl groups is 1. The quantitative estimate of drug-likeness (QED) is 0.483. The monoisotopic (exact) mass is 403 g/mol. The van der Waals surface area contributed by atoms with Crippen LogP contribution in [-0.2, 0) is 10.4 Å². The summed E-state index contributed by atoms with van der Waals surface area (Å²) in [7, 11) is 0. The molecule has 0 radical (unpaired) electrons. The van der Waals surface area contributed by atoms with E-state index in [9.17, 15) is 9.90 Å². The molecule has 6 nitrogen and oxygen atoms in total. The lowest BCUT2D eigenvalue weighted by Gasteiger charge is -2.32. The number of halogens is 2. The number of aliphatic carboxylic acids is 1. The van der Waals surface area contributed by atoms with Gasteiger partial charge in [0, 0.05) is 34.8 Å². The van der Waals surface area contributed by atoms with E-state index in [0.29, 0.717) is 21.7 Å². The summed E-state index contributed by atoms with van der Waals surface area (Å²) < 4.78 is 15.0. The summed E-state index contributed by atoms with van der Waals surface area (Å²) in [5.41, 5.74) is 5.75. The normalized spacial score (nSPS) is 14.4. The summed E-state index contributed by atoms with van der Waals surface area (Å²) in [5.74, 6) is -1.74. The number of nitrogens with one attached hydrogen (secondary N) is 1. The SMILES string of the molecule is NC(CC(=O)O)CC(O)(c1ccc(Cl)cc1)c1ccc(-c2cn[nH]c2)cc1F. The van der Waals surface area contributed by atoms with Gasteiger partial charge in [-0.2, -0.15) is 5.10 Å². The van der Waals surface area contributed by atoms with Crippen LogP contribution in [0.4, 0.5) is 4.39 Å². The number of hydrogen-bond donors (Lipinski definition) is 4. The largest absolute Gasteiger partial charge is 0.481 e. The van der Waals surface area contributed by atoms with E-state index in [1.807, 2.05) is 0 Å². The Morgan fingerprint density at radius 3 is 2.54 bits per heavy atom. The minimum atomic E-state index is -1.82. The highest BCUT2D eigenvalue weighted by Gasteiger charge is 2.36. The third-order valence-corrected chi connectivity index (χ3v) is 4.81. The molecule has 1 heterocycles. The number of benzene rings is 2. The van der Waals surface area contributed by atoms with Crippen LogP contribution in [0.3, 0.4) is 0 Å². The molecule has 0 aliphatic rings. The molecule has 28 heavy (non-hydrogen) atoms. The zero-order valence-electron chi connectivity index (χ0n) is 14.8. The number of nitrogens with zero attached hydrogens (tertiary/aromatic N) is 1. The first-order valence-electron chi connectivity index (χ1n) is 8.54. The number of carbonyl (C=O) groups is 1. The van der Waals surface area contributed by atoms with Crippen LogP contribution >= 0.6 is 11.6 Å². The van der Waals surface area contributed by atoms with Gasteiger partial charge in [0.2, 0.25) is 0 Å². The van der Waals surface area contributed by atoms with Crippen LogP contribution in [-0.4, -0.2) is 32.4 Å². The van der Waals surface area contributed by atoms with Crippen LogP contribution < -0.4 is 5.73 Å². The third-order valence-electron chi connectivity index (χ3n) is 4.56. The summed E-state index contributed by atoms with van der Waals surface area (Å²) in [6, 6.07) is 9.82. The molecule has 5 N–H and O–H groups in total. The van der Waals surface area contributed by atoms with Gasteiger partial charge in [0.25, 0.3) is 0 Å². The summed E-state index contributed by atoms with van der Waals surface area (Å²) in [4.78, 5) is 11.0. The highest BCUT2D eigenvalue weighted by Crippen LogP contribution is 2.37. The molecular formula is C20H19ClFN3O3. The molecule has 8 heteroatoms. The average molecular weight is 404 g/mol. The molecule has 2 unspecified atom stereocenters. The van der Waals surface area contributed by atoms with E-state index in [2.05, 4.69) is 10.2 Å². The Labute approximate surface area is 165 Å². The van der Waals surface area contributed by atoms with Crippen molar-refractivity contribution in [3.05, 3.63) is 76.8 Å². The number of aromatic amines is 1. The second kappa shape index (κ2) is 8.10. The van der Waals surface area contributed by atoms with Crippen LogP contribution in [0.5, 0.6) is 0 Å². The lowest BCUT2D eigenvalue weighted by molar-refractivity contribution is -0.137. The molecular weight excluding hydrogens is 385 g/mol. The van der Waals surface area contributed by atoms with Crippen LogP contribution in [0.15, 0.2) is 54.9 Å². The number of nitrogens with two attached hydrogens (primary N) is 1. The number of H-pyrrole nitrogens is 1. The first-order valence-corrected chi connectivity index (χ1v) is 8.92. The van der Waals surface area contributed by atoms with Crippen LogP contribution in [0.2, 0.25) is 5.02 Å². The summed E-state index contributed by atoms with van der Waals surface area (Å²) >= 11 is 5.92. The van der Waals surface area contributed by atoms with Crippen molar-refractivity contribution in [2.24, 2.45) is 5.73 Å². The molecule has 0 aliphatic heterocycles. The minimum Gasteiger partial charge on any atom is -0.481 e. The summed E-state index contributed by atoms with van der Waals surface area (Å²) in [6.45, 7) is 0. The second-order valence-electron chi connectivity index (χ2n) is 6.61. The number of carboxylic acids is 1. The van der Waals surface area contributed by atoms with E-state index in [1.54, 1.807) is 42.7 Å². The van der Waals surface area contributed by atoms with Crippen molar-refractivity contribution < 1.29 is 19.4 Å². The van der Waals surface area contributed by atoms with Crippen molar-refractivity contribution in [3.63, 3.8) is 0 Å². The van der Waals surface area contributed by atoms with Crippen LogP contribution in [0.1, 0.15) is 24.0 Å². The van der Waals surface area contributed by atoms with Crippen molar-refractivity contribution in [2.75, 3.05) is 0 Å². The van der Waals surface area contributed by atoms with Gasteiger partial charge < -0.3 is 15.9 Å². The van der Waals surface area contributed by atoms with Gasteiger partial charge in [-0.3, -0.25) is 9.89 Å². The Morgan fingerprint density at radius 2 is 1.96 bits per heavy atom. The zero-order valence-corrected chi connectivity index (χ0v) is 15.5. The summed E-state index contributed by atoms with van der Waals surface area (Å²) in [5, 5.41) is 27.4. The molecule has 0 fully saturated rings. The first kappa shape index (κ1) is 20.0. The maximum absolute atomic E-state index is 15.0. The van der Waals surface area contributed by atoms with Gasteiger partial charge in [-0.1, -0.05) is 35.9 Å². The van der Waals surface area contributed by atoms with Crippen LogP contribution in [0, 0.1) is 5.82 Å². The van der Waals surface area contributed by atoms with E-state index < -0.39 is 23.4 Å². The third kappa shape index (κ3) is 4.22. The predicted octanol–water partition coefficient (Wildman–Crippen LogP) is 3.30. The molecule has 0 saturated heterocycles. The molecule has 0 saturated carbocycles. The van der Waals surface area contributed by atoms with Gasteiger partial charge in [-0.15, -0.1) is 0 Å². The summed E-state index contributed by atoms with van der Waals surface area (Å²) in [6.07, 6.45) is 2.65. The van der Waals surface area contributed by atoms with Crippen molar-refractivity contribution >= 4 is 17.6 Å². The van der Waals surface area contributed by atoms with E-state index in [1.165, 1.54) is 12.1 Å². The van der Waals surface area contributed by atoms with Crippen molar-refractivity contribution in [3.8, 4) is 11.1 Å². The van der Waals surface area contributed by atoms with E-state index in [4.69, 9.17) is 22.4 Å². The Bertz CT molecular complexity index is 963. The molecule has 2 aromatic carbocycles. The standard InChI is InChI=1S/C20H19ClFN3O3/c21-15-4-2-14(3-5-15)20(28,9-16(23)8-19(26)27)17-6-1-12(7-18(17)22)13-10-24-25-11-13/h1-7,10-11,16,28H,8-9,23H2,(H,24,25)(H,26,27). The number of hydrogen-bond acceptors (Lipinski definition) is 4. The second-order valence-corrected chi connectivity index (χ2v) is 7.05. The van der Waals surface area contributed by atoms with Crippen molar-refractivity contribution in [1.29, 1.82) is 0 Å². The Balaban J connectivity index is 2.05. The molecule has 3 aromatic rings.